The van der Waals surface area contributed by atoms with Crippen molar-refractivity contribution < 1.29 is 29.0 Å². The summed E-state index contributed by atoms with van der Waals surface area (Å²) in [6.07, 6.45) is 4.51. The Kier molecular flexibility index (Phi) is 7.37. The summed E-state index contributed by atoms with van der Waals surface area (Å²) in [5.74, 6) is -1.10. The van der Waals surface area contributed by atoms with E-state index in [0.717, 1.165) is 24.2 Å². The van der Waals surface area contributed by atoms with Gasteiger partial charge in [0, 0.05) is 21.1 Å². The number of ether oxygens (including phenoxy) is 2. The number of amides is 2. The lowest BCUT2D eigenvalue weighted by molar-refractivity contribution is -0.137. The Balaban J connectivity index is 2.59. The van der Waals surface area contributed by atoms with Crippen LogP contribution in [0.4, 0.5) is 9.59 Å². The minimum atomic E-state index is -1.10. The zero-order chi connectivity index (χ0) is 17.4. The van der Waals surface area contributed by atoms with Crippen LogP contribution in [0.25, 0.3) is 0 Å². The maximum absolute atomic E-state index is 11.8. The largest absolute Gasteiger partial charge is 0.480 e. The molecule has 23 heavy (non-hydrogen) atoms. The van der Waals surface area contributed by atoms with Gasteiger partial charge in [0.15, 0.2) is 0 Å². The van der Waals surface area contributed by atoms with E-state index in [0.29, 0.717) is 6.42 Å². The number of carboxylic acid groups (broad SMARTS) is 1. The van der Waals surface area contributed by atoms with Crippen LogP contribution in [0.15, 0.2) is 12.2 Å². The number of carboxylic acids is 1. The van der Waals surface area contributed by atoms with Crippen molar-refractivity contribution >= 4 is 18.2 Å². The van der Waals surface area contributed by atoms with E-state index in [1.54, 1.807) is 26.2 Å². The highest BCUT2D eigenvalue weighted by atomic mass is 16.6. The first-order valence-corrected chi connectivity index (χ1v) is 7.49. The third-order valence-corrected chi connectivity index (χ3v) is 3.32. The normalized spacial score (nSPS) is 22.2. The molecule has 0 fully saturated rings. The number of aliphatic carboxylic acids is 1. The Bertz CT molecular complexity index is 463. The molecule has 1 N–H and O–H groups in total. The molecule has 0 radical (unpaired) electrons. The Morgan fingerprint density at radius 2 is 1.48 bits per heavy atom. The van der Waals surface area contributed by atoms with Crippen LogP contribution in [-0.2, 0) is 14.3 Å². The quantitative estimate of drug-likeness (QED) is 0.789. The number of hydrogen-bond donors (Lipinski definition) is 1. The van der Waals surface area contributed by atoms with Gasteiger partial charge in [-0.2, -0.15) is 0 Å². The van der Waals surface area contributed by atoms with E-state index in [2.05, 4.69) is 0 Å². The molecule has 0 aromatic rings. The predicted octanol–water partition coefficient (Wildman–Crippen LogP) is 1.70. The van der Waals surface area contributed by atoms with Gasteiger partial charge in [0.05, 0.1) is 0 Å². The molecule has 8 nitrogen and oxygen atoms in total. The molecule has 130 valence electrons. The molecule has 0 aromatic heterocycles. The van der Waals surface area contributed by atoms with Crippen molar-refractivity contribution in [1.29, 1.82) is 0 Å². The maximum atomic E-state index is 11.8. The zero-order valence-electron chi connectivity index (χ0n) is 13.7. The van der Waals surface area contributed by atoms with E-state index in [-0.39, 0.29) is 6.10 Å². The summed E-state index contributed by atoms with van der Waals surface area (Å²) >= 11 is 0. The van der Waals surface area contributed by atoms with Gasteiger partial charge in [-0.15, -0.1) is 0 Å². The first kappa shape index (κ1) is 18.8. The summed E-state index contributed by atoms with van der Waals surface area (Å²) < 4.78 is 10.6. The second-order valence-corrected chi connectivity index (χ2v) is 5.66. The number of carbonyl (C=O) groups excluding carboxylic acids is 2. The number of likely N-dealkylation sites (N-methyl/N-ethyl adjacent to an activating group) is 1. The molecule has 0 heterocycles. The van der Waals surface area contributed by atoms with Crippen LogP contribution in [0.5, 0.6) is 0 Å². The maximum Gasteiger partial charge on any atom is 0.410 e. The summed E-state index contributed by atoms with van der Waals surface area (Å²) in [6.45, 7) is -0.418. The molecule has 0 bridgehead atoms. The molecule has 1 rings (SSSR count). The number of rotatable bonds is 4. The van der Waals surface area contributed by atoms with E-state index in [1.165, 1.54) is 11.9 Å². The van der Waals surface area contributed by atoms with Gasteiger partial charge in [0.25, 0.3) is 0 Å². The predicted molar refractivity (Wildman–Crippen MR) is 82.1 cm³/mol. The Morgan fingerprint density at radius 3 is 1.91 bits per heavy atom. The molecular formula is C15H24N2O6. The van der Waals surface area contributed by atoms with Crippen molar-refractivity contribution in [3.05, 3.63) is 12.2 Å². The van der Waals surface area contributed by atoms with Gasteiger partial charge >= 0.3 is 18.2 Å². The molecule has 8 heteroatoms. The summed E-state index contributed by atoms with van der Waals surface area (Å²) in [6, 6.07) is 0. The lowest BCUT2D eigenvalue weighted by atomic mass is 10.0. The minimum absolute atomic E-state index is 0.358. The summed E-state index contributed by atoms with van der Waals surface area (Å²) in [4.78, 5) is 36.3. The first-order chi connectivity index (χ1) is 10.8. The van der Waals surface area contributed by atoms with Crippen LogP contribution in [0.3, 0.4) is 0 Å². The zero-order valence-corrected chi connectivity index (χ0v) is 13.7. The van der Waals surface area contributed by atoms with Crippen molar-refractivity contribution in [3.63, 3.8) is 0 Å². The highest BCUT2D eigenvalue weighted by molar-refractivity contribution is 5.76. The van der Waals surface area contributed by atoms with E-state index in [1.807, 2.05) is 0 Å². The fourth-order valence-electron chi connectivity index (χ4n) is 2.05. The summed E-state index contributed by atoms with van der Waals surface area (Å²) in [5.41, 5.74) is 0. The second-order valence-electron chi connectivity index (χ2n) is 5.66. The van der Waals surface area contributed by atoms with E-state index in [4.69, 9.17) is 14.6 Å². The van der Waals surface area contributed by atoms with Crippen LogP contribution in [0, 0.1) is 0 Å². The Morgan fingerprint density at radius 1 is 1.00 bits per heavy atom. The Hall–Kier alpha value is -2.25. The first-order valence-electron chi connectivity index (χ1n) is 7.49. The van der Waals surface area contributed by atoms with Gasteiger partial charge < -0.3 is 24.4 Å². The van der Waals surface area contributed by atoms with Crippen LogP contribution >= 0.6 is 0 Å². The van der Waals surface area contributed by atoms with Crippen molar-refractivity contribution in [3.8, 4) is 0 Å². The monoisotopic (exact) mass is 328 g/mol. The van der Waals surface area contributed by atoms with Gasteiger partial charge in [-0.25, -0.2) is 9.59 Å². The minimum Gasteiger partial charge on any atom is -0.480 e. The average molecular weight is 328 g/mol. The van der Waals surface area contributed by atoms with Crippen molar-refractivity contribution in [2.45, 2.75) is 37.9 Å². The molecule has 0 saturated heterocycles. The van der Waals surface area contributed by atoms with E-state index < -0.39 is 30.8 Å². The third kappa shape index (κ3) is 7.03. The van der Waals surface area contributed by atoms with Crippen LogP contribution in [0.1, 0.15) is 25.7 Å². The third-order valence-electron chi connectivity index (χ3n) is 3.32. The lowest BCUT2D eigenvalue weighted by Crippen LogP contribution is -2.35. The topological polar surface area (TPSA) is 96.4 Å². The highest BCUT2D eigenvalue weighted by Gasteiger charge is 2.21. The second kappa shape index (κ2) is 9.02. The smallest absolute Gasteiger partial charge is 0.410 e. The van der Waals surface area contributed by atoms with Crippen LogP contribution in [0.2, 0.25) is 0 Å². The number of carbonyl (C=O) groups is 3. The molecule has 1 aliphatic carbocycles. The molecular weight excluding hydrogens is 304 g/mol. The van der Waals surface area contributed by atoms with Gasteiger partial charge in [-0.05, 0) is 37.8 Å². The van der Waals surface area contributed by atoms with Gasteiger partial charge in [0.2, 0.25) is 0 Å². The average Bonchev–Trinajstić information content (AvgIpc) is 2.44. The van der Waals surface area contributed by atoms with E-state index >= 15 is 0 Å². The van der Waals surface area contributed by atoms with Crippen molar-refractivity contribution in [1.82, 2.24) is 9.80 Å². The summed E-state index contributed by atoms with van der Waals surface area (Å²) in [5, 5.41) is 8.67. The number of nitrogens with zero attached hydrogens (tertiary/aromatic N) is 2. The van der Waals surface area contributed by atoms with Gasteiger partial charge in [0.1, 0.15) is 18.8 Å². The molecule has 0 saturated carbocycles. The van der Waals surface area contributed by atoms with Crippen molar-refractivity contribution in [2.75, 3.05) is 27.7 Å². The molecule has 2 atom stereocenters. The fourth-order valence-corrected chi connectivity index (χ4v) is 2.05. The standard InChI is InChI=1S/C15H24N2O6/c1-16(2)14(20)22-11-6-4-5-7-12(9-8-11)23-15(21)17(3)10-13(18)19/h8-9,11-12H,4-7,10H2,1-3H3,(H,18,19)/b9-8+. The van der Waals surface area contributed by atoms with Gasteiger partial charge in [-0.1, -0.05) is 0 Å². The molecule has 2 amide bonds. The summed E-state index contributed by atoms with van der Waals surface area (Å²) in [7, 11) is 4.58. The molecule has 0 aromatic carbocycles. The number of hydrogen-bond acceptors (Lipinski definition) is 5. The highest BCUT2D eigenvalue weighted by Crippen LogP contribution is 2.18. The van der Waals surface area contributed by atoms with E-state index in [9.17, 15) is 14.4 Å². The van der Waals surface area contributed by atoms with Crippen LogP contribution in [-0.4, -0.2) is 73.0 Å². The lowest BCUT2D eigenvalue weighted by Gasteiger charge is -2.23. The molecule has 0 aliphatic heterocycles. The van der Waals surface area contributed by atoms with Gasteiger partial charge in [-0.3, -0.25) is 4.79 Å². The fraction of sp³-hybridized carbons (Fsp3) is 0.667. The Labute approximate surface area is 135 Å². The molecule has 2 unspecified atom stereocenters. The molecule has 1 aliphatic rings. The van der Waals surface area contributed by atoms with Crippen molar-refractivity contribution in [2.24, 2.45) is 0 Å². The molecule has 0 spiro atoms. The SMILES string of the molecule is CN(C)C(=O)OC1/C=C/C(OC(=O)N(C)CC(=O)O)CCCC1. The van der Waals surface area contributed by atoms with Crippen LogP contribution < -0.4 is 0 Å².